The van der Waals surface area contributed by atoms with Crippen LogP contribution in [0.3, 0.4) is 0 Å². The van der Waals surface area contributed by atoms with Gasteiger partial charge in [-0.05, 0) is 48.6 Å². The van der Waals surface area contributed by atoms with Crippen LogP contribution in [0.4, 0.5) is 0 Å². The van der Waals surface area contributed by atoms with Crippen LogP contribution >= 0.6 is 11.8 Å². The molecule has 0 aromatic heterocycles. The molecule has 144 valence electrons. The number of oxime groups is 1. The summed E-state index contributed by atoms with van der Waals surface area (Å²) in [6.07, 6.45) is 3.90. The van der Waals surface area contributed by atoms with Crippen LogP contribution in [-0.2, 0) is 19.5 Å². The molecule has 3 rings (SSSR count). The predicted molar refractivity (Wildman–Crippen MR) is 105 cm³/mol. The minimum absolute atomic E-state index is 0.0464. The summed E-state index contributed by atoms with van der Waals surface area (Å²) in [4.78, 5) is 31.4. The van der Waals surface area contributed by atoms with Crippen LogP contribution in [0.25, 0.3) is 0 Å². The van der Waals surface area contributed by atoms with Crippen LogP contribution in [0.15, 0.2) is 32.7 Å². The Labute approximate surface area is 163 Å². The quantitative estimate of drug-likeness (QED) is 0.433. The fourth-order valence-electron chi connectivity index (χ4n) is 3.63. The highest BCUT2D eigenvalue weighted by molar-refractivity contribution is 8.02. The third-order valence-corrected chi connectivity index (χ3v) is 7.60. The summed E-state index contributed by atoms with van der Waals surface area (Å²) < 4.78 is 24.9. The number of Topliss-reactive ketones (excluding diaryl/α,β-unsaturated/α-hetero) is 2. The van der Waals surface area contributed by atoms with E-state index in [4.69, 9.17) is 4.84 Å². The van der Waals surface area contributed by atoms with Gasteiger partial charge in [-0.15, -0.1) is 11.8 Å². The summed E-state index contributed by atoms with van der Waals surface area (Å²) in [6, 6.07) is 2.96. The van der Waals surface area contributed by atoms with Crippen LogP contribution < -0.4 is 0 Å². The van der Waals surface area contributed by atoms with Gasteiger partial charge in [0.2, 0.25) is 0 Å². The number of fused-ring (bicyclic) bond motifs is 1. The highest BCUT2D eigenvalue weighted by Gasteiger charge is 2.33. The van der Waals surface area contributed by atoms with Gasteiger partial charge in [-0.3, -0.25) is 9.59 Å². The number of nitrogens with zero attached hydrogens (tertiary/aromatic N) is 1. The molecule has 27 heavy (non-hydrogen) atoms. The van der Waals surface area contributed by atoms with Gasteiger partial charge in [-0.25, -0.2) is 8.42 Å². The van der Waals surface area contributed by atoms with Crippen molar-refractivity contribution >= 4 is 38.9 Å². The number of benzene rings is 1. The molecule has 0 amide bonds. The van der Waals surface area contributed by atoms with E-state index in [2.05, 4.69) is 5.16 Å². The van der Waals surface area contributed by atoms with Crippen molar-refractivity contribution in [1.29, 1.82) is 0 Å². The molecule has 0 saturated carbocycles. The van der Waals surface area contributed by atoms with E-state index in [9.17, 15) is 18.0 Å². The normalized spacial score (nSPS) is 20.6. The van der Waals surface area contributed by atoms with Crippen molar-refractivity contribution in [3.05, 3.63) is 39.3 Å². The Bertz CT molecular complexity index is 990. The van der Waals surface area contributed by atoms with Gasteiger partial charge in [0.05, 0.1) is 21.9 Å². The SMILES string of the molecule is CO/N=C1\CCS(=O)(=O)c2ccc(C(=O)C3=C(SC)CCCC3=O)c(C)c21. The van der Waals surface area contributed by atoms with Crippen molar-refractivity contribution in [2.24, 2.45) is 5.16 Å². The molecular weight excluding hydrogens is 386 g/mol. The average Bonchev–Trinajstić information content (AvgIpc) is 2.63. The van der Waals surface area contributed by atoms with E-state index in [1.165, 1.54) is 31.0 Å². The summed E-state index contributed by atoms with van der Waals surface area (Å²) in [7, 11) is -2.04. The number of sulfone groups is 1. The smallest absolute Gasteiger partial charge is 0.197 e. The third kappa shape index (κ3) is 3.48. The molecule has 0 unspecified atom stereocenters. The number of ketones is 2. The molecule has 0 spiro atoms. The first kappa shape index (κ1) is 19.8. The standard InChI is InChI=1S/C19H21NO5S2/c1-11-12(19(22)18-14(21)5-4-6-15(18)26-3)7-8-16-17(11)13(20-25-2)9-10-27(16,23)24/h7-8H,4-6,9-10H2,1-3H3/b20-13+. The fourth-order valence-corrected chi connectivity index (χ4v) is 5.92. The second kappa shape index (κ2) is 7.59. The molecule has 1 aromatic rings. The first-order valence-corrected chi connectivity index (χ1v) is 11.5. The lowest BCUT2D eigenvalue weighted by Gasteiger charge is -2.23. The Morgan fingerprint density at radius 3 is 2.63 bits per heavy atom. The van der Waals surface area contributed by atoms with Crippen molar-refractivity contribution in [3.63, 3.8) is 0 Å². The maximum absolute atomic E-state index is 13.2. The van der Waals surface area contributed by atoms with E-state index in [1.54, 1.807) is 6.92 Å². The fraction of sp³-hybridized carbons (Fsp3) is 0.421. The lowest BCUT2D eigenvalue weighted by Crippen LogP contribution is -2.25. The van der Waals surface area contributed by atoms with E-state index >= 15 is 0 Å². The second-order valence-corrected chi connectivity index (χ2v) is 9.49. The molecule has 2 aliphatic rings. The van der Waals surface area contributed by atoms with Crippen LogP contribution in [0.5, 0.6) is 0 Å². The van der Waals surface area contributed by atoms with Crippen molar-refractivity contribution in [2.45, 2.75) is 37.5 Å². The summed E-state index contributed by atoms with van der Waals surface area (Å²) >= 11 is 1.42. The van der Waals surface area contributed by atoms with Gasteiger partial charge in [0, 0.05) is 24.0 Å². The molecule has 6 nitrogen and oxygen atoms in total. The Hall–Kier alpha value is -1.93. The van der Waals surface area contributed by atoms with Gasteiger partial charge in [0.15, 0.2) is 21.4 Å². The monoisotopic (exact) mass is 407 g/mol. The summed E-state index contributed by atoms with van der Waals surface area (Å²) in [5.74, 6) is -0.537. The van der Waals surface area contributed by atoms with E-state index in [0.717, 1.165) is 11.3 Å². The molecule has 0 radical (unpaired) electrons. The van der Waals surface area contributed by atoms with Gasteiger partial charge in [-0.2, -0.15) is 0 Å². The van der Waals surface area contributed by atoms with Crippen molar-refractivity contribution in [1.82, 2.24) is 0 Å². The first-order valence-electron chi connectivity index (χ1n) is 8.63. The zero-order chi connectivity index (χ0) is 19.8. The molecule has 8 heteroatoms. The largest absolute Gasteiger partial charge is 0.399 e. The summed E-state index contributed by atoms with van der Waals surface area (Å²) in [5, 5.41) is 3.97. The van der Waals surface area contributed by atoms with E-state index in [-0.39, 0.29) is 34.2 Å². The lowest BCUT2D eigenvalue weighted by atomic mass is 9.88. The Morgan fingerprint density at radius 2 is 1.96 bits per heavy atom. The molecular formula is C19H21NO5S2. The van der Waals surface area contributed by atoms with E-state index in [1.807, 2.05) is 6.26 Å². The first-order chi connectivity index (χ1) is 12.8. The van der Waals surface area contributed by atoms with Crippen LogP contribution in [0, 0.1) is 6.92 Å². The number of allylic oxidation sites excluding steroid dienone is 2. The summed E-state index contributed by atoms with van der Waals surface area (Å²) in [6.45, 7) is 1.70. The maximum Gasteiger partial charge on any atom is 0.197 e. The number of carbonyl (C=O) groups is 2. The number of thioether (sulfide) groups is 1. The number of hydrogen-bond donors (Lipinski definition) is 0. The maximum atomic E-state index is 13.2. The number of hydrogen-bond acceptors (Lipinski definition) is 7. The van der Waals surface area contributed by atoms with Crippen molar-refractivity contribution in [2.75, 3.05) is 19.1 Å². The Morgan fingerprint density at radius 1 is 1.22 bits per heavy atom. The van der Waals surface area contributed by atoms with Gasteiger partial charge >= 0.3 is 0 Å². The Kier molecular flexibility index (Phi) is 5.58. The molecule has 1 aliphatic heterocycles. The highest BCUT2D eigenvalue weighted by Crippen LogP contribution is 2.35. The molecule has 0 atom stereocenters. The average molecular weight is 408 g/mol. The van der Waals surface area contributed by atoms with E-state index in [0.29, 0.717) is 35.2 Å². The minimum Gasteiger partial charge on any atom is -0.399 e. The second-order valence-electron chi connectivity index (χ2n) is 6.51. The van der Waals surface area contributed by atoms with Gasteiger partial charge < -0.3 is 4.84 Å². The molecule has 0 saturated heterocycles. The minimum atomic E-state index is -3.44. The molecule has 1 aliphatic carbocycles. The molecule has 0 N–H and O–H groups in total. The molecule has 0 fully saturated rings. The molecule has 0 bridgehead atoms. The van der Waals surface area contributed by atoms with Crippen molar-refractivity contribution < 1.29 is 22.8 Å². The van der Waals surface area contributed by atoms with Gasteiger partial charge in [0.1, 0.15) is 7.11 Å². The zero-order valence-corrected chi connectivity index (χ0v) is 17.1. The predicted octanol–water partition coefficient (Wildman–Crippen LogP) is 3.08. The van der Waals surface area contributed by atoms with Crippen LogP contribution in [0.2, 0.25) is 0 Å². The van der Waals surface area contributed by atoms with Gasteiger partial charge in [-0.1, -0.05) is 5.16 Å². The number of carbonyl (C=O) groups excluding carboxylic acids is 2. The summed E-state index contributed by atoms with van der Waals surface area (Å²) in [5.41, 5.74) is 2.02. The third-order valence-electron chi connectivity index (χ3n) is 4.94. The highest BCUT2D eigenvalue weighted by atomic mass is 32.2. The molecule has 1 aromatic carbocycles. The Balaban J connectivity index is 2.21. The lowest BCUT2D eigenvalue weighted by molar-refractivity contribution is -0.115. The van der Waals surface area contributed by atoms with Gasteiger partial charge in [0.25, 0.3) is 0 Å². The van der Waals surface area contributed by atoms with Crippen molar-refractivity contribution in [3.8, 4) is 0 Å². The zero-order valence-electron chi connectivity index (χ0n) is 15.5. The molecule has 1 heterocycles. The van der Waals surface area contributed by atoms with Crippen LogP contribution in [-0.4, -0.2) is 44.8 Å². The topological polar surface area (TPSA) is 89.9 Å². The van der Waals surface area contributed by atoms with Crippen LogP contribution in [0.1, 0.15) is 47.2 Å². The van der Waals surface area contributed by atoms with E-state index < -0.39 is 9.84 Å². The number of rotatable bonds is 4.